The van der Waals surface area contributed by atoms with Crippen molar-refractivity contribution in [3.63, 3.8) is 0 Å². The molecule has 0 radical (unpaired) electrons. The van der Waals surface area contributed by atoms with Crippen LogP contribution in [0.25, 0.3) is 0 Å². The molecular formula is C17H23N3. The van der Waals surface area contributed by atoms with Gasteiger partial charge in [-0.05, 0) is 30.4 Å². The van der Waals surface area contributed by atoms with E-state index in [9.17, 15) is 0 Å². The van der Waals surface area contributed by atoms with Crippen molar-refractivity contribution in [1.29, 1.82) is 0 Å². The van der Waals surface area contributed by atoms with Crippen LogP contribution in [0.3, 0.4) is 0 Å². The van der Waals surface area contributed by atoms with Crippen LogP contribution in [0.4, 0.5) is 0 Å². The molecule has 0 fully saturated rings. The Balaban J connectivity index is 1.90. The predicted molar refractivity (Wildman–Crippen MR) is 82.3 cm³/mol. The van der Waals surface area contributed by atoms with Gasteiger partial charge in [0.25, 0.3) is 0 Å². The molecule has 3 heteroatoms. The zero-order valence-corrected chi connectivity index (χ0v) is 12.5. The highest BCUT2D eigenvalue weighted by molar-refractivity contribution is 5.25. The zero-order valence-electron chi connectivity index (χ0n) is 12.5. The molecule has 0 aliphatic carbocycles. The van der Waals surface area contributed by atoms with Crippen molar-refractivity contribution in [1.82, 2.24) is 15.3 Å². The summed E-state index contributed by atoms with van der Waals surface area (Å²) in [4.78, 5) is 8.34. The van der Waals surface area contributed by atoms with Gasteiger partial charge in [-0.2, -0.15) is 0 Å². The minimum atomic E-state index is 0.310. The van der Waals surface area contributed by atoms with Gasteiger partial charge in [0.2, 0.25) is 0 Å². The van der Waals surface area contributed by atoms with E-state index in [0.717, 1.165) is 18.7 Å². The number of hydrogen-bond acceptors (Lipinski definition) is 3. The summed E-state index contributed by atoms with van der Waals surface area (Å²) >= 11 is 0. The fourth-order valence-corrected chi connectivity index (χ4v) is 2.21. The Kier molecular flexibility index (Phi) is 5.24. The first kappa shape index (κ1) is 14.7. The Morgan fingerprint density at radius 1 is 1.05 bits per heavy atom. The summed E-state index contributed by atoms with van der Waals surface area (Å²) < 4.78 is 0. The lowest BCUT2D eigenvalue weighted by Crippen LogP contribution is -2.18. The van der Waals surface area contributed by atoms with E-state index in [1.165, 1.54) is 11.1 Å². The fraction of sp³-hybridized carbons (Fsp3) is 0.412. The first-order valence-corrected chi connectivity index (χ1v) is 7.22. The third-order valence-corrected chi connectivity index (χ3v) is 3.33. The maximum absolute atomic E-state index is 4.27. The number of hydrogen-bond donors (Lipinski definition) is 1. The number of rotatable bonds is 6. The van der Waals surface area contributed by atoms with Gasteiger partial charge in [0.05, 0.1) is 5.69 Å². The molecule has 0 aliphatic heterocycles. The Labute approximate surface area is 121 Å². The Morgan fingerprint density at radius 3 is 2.40 bits per heavy atom. The van der Waals surface area contributed by atoms with E-state index in [4.69, 9.17) is 0 Å². The molecule has 1 aromatic carbocycles. The maximum atomic E-state index is 4.27. The van der Waals surface area contributed by atoms with Crippen molar-refractivity contribution in [2.75, 3.05) is 0 Å². The summed E-state index contributed by atoms with van der Waals surface area (Å²) in [5, 5.41) is 3.47. The zero-order chi connectivity index (χ0) is 14.4. The van der Waals surface area contributed by atoms with E-state index in [0.29, 0.717) is 12.0 Å². The van der Waals surface area contributed by atoms with Crippen molar-refractivity contribution < 1.29 is 0 Å². The second-order valence-corrected chi connectivity index (χ2v) is 5.64. The second-order valence-electron chi connectivity index (χ2n) is 5.64. The number of nitrogens with one attached hydrogen (secondary N) is 1. The van der Waals surface area contributed by atoms with E-state index < -0.39 is 0 Å². The molecule has 2 aromatic rings. The predicted octanol–water partition coefficient (Wildman–Crippen LogP) is 3.53. The van der Waals surface area contributed by atoms with Crippen LogP contribution in [0, 0.1) is 5.92 Å². The molecular weight excluding hydrogens is 246 g/mol. The van der Waals surface area contributed by atoms with Gasteiger partial charge in [0, 0.05) is 31.2 Å². The number of benzene rings is 1. The van der Waals surface area contributed by atoms with E-state index in [1.54, 1.807) is 18.6 Å². The summed E-state index contributed by atoms with van der Waals surface area (Å²) in [5.41, 5.74) is 3.68. The first-order chi connectivity index (χ1) is 9.65. The van der Waals surface area contributed by atoms with Gasteiger partial charge in [-0.25, -0.2) is 0 Å². The van der Waals surface area contributed by atoms with Crippen LogP contribution < -0.4 is 5.32 Å². The molecule has 0 saturated heterocycles. The van der Waals surface area contributed by atoms with Crippen LogP contribution in [0.1, 0.15) is 43.6 Å². The second kappa shape index (κ2) is 7.15. The van der Waals surface area contributed by atoms with Crippen molar-refractivity contribution in [3.8, 4) is 0 Å². The SMILES string of the molecule is CC(C)Cc1ccc(C(C)NCc2cnccn2)cc1. The van der Waals surface area contributed by atoms with Gasteiger partial charge in [-0.3, -0.25) is 9.97 Å². The lowest BCUT2D eigenvalue weighted by Gasteiger charge is -2.14. The highest BCUT2D eigenvalue weighted by Gasteiger charge is 2.06. The number of aromatic nitrogens is 2. The molecule has 0 aliphatic rings. The molecule has 0 amide bonds. The molecule has 1 heterocycles. The monoisotopic (exact) mass is 269 g/mol. The number of nitrogens with zero attached hydrogens (tertiary/aromatic N) is 2. The lowest BCUT2D eigenvalue weighted by atomic mass is 10.00. The highest BCUT2D eigenvalue weighted by atomic mass is 14.9. The van der Waals surface area contributed by atoms with Crippen molar-refractivity contribution in [2.24, 2.45) is 5.92 Å². The molecule has 0 spiro atoms. The Hall–Kier alpha value is -1.74. The van der Waals surface area contributed by atoms with Gasteiger partial charge in [-0.1, -0.05) is 38.1 Å². The maximum Gasteiger partial charge on any atom is 0.0724 e. The largest absolute Gasteiger partial charge is 0.305 e. The van der Waals surface area contributed by atoms with Crippen molar-refractivity contribution >= 4 is 0 Å². The molecule has 1 atom stereocenters. The Morgan fingerprint density at radius 2 is 1.80 bits per heavy atom. The molecule has 0 bridgehead atoms. The van der Waals surface area contributed by atoms with Gasteiger partial charge >= 0.3 is 0 Å². The van der Waals surface area contributed by atoms with Crippen molar-refractivity contribution in [3.05, 3.63) is 59.7 Å². The average Bonchev–Trinajstić information content (AvgIpc) is 2.46. The molecule has 2 rings (SSSR count). The van der Waals surface area contributed by atoms with Crippen LogP contribution >= 0.6 is 0 Å². The van der Waals surface area contributed by atoms with Gasteiger partial charge in [-0.15, -0.1) is 0 Å². The smallest absolute Gasteiger partial charge is 0.0724 e. The molecule has 1 N–H and O–H groups in total. The standard InChI is InChI=1S/C17H23N3/c1-13(2)10-15-4-6-16(7-5-15)14(3)20-12-17-11-18-8-9-19-17/h4-9,11,13-14,20H,10,12H2,1-3H3. The summed E-state index contributed by atoms with van der Waals surface area (Å²) in [6.07, 6.45) is 6.36. The molecule has 0 saturated carbocycles. The molecule has 20 heavy (non-hydrogen) atoms. The van der Waals surface area contributed by atoms with Crippen LogP contribution in [0.5, 0.6) is 0 Å². The molecule has 3 nitrogen and oxygen atoms in total. The third-order valence-electron chi connectivity index (χ3n) is 3.33. The van der Waals surface area contributed by atoms with E-state index in [-0.39, 0.29) is 0 Å². The van der Waals surface area contributed by atoms with Gasteiger partial charge in [0.15, 0.2) is 0 Å². The van der Waals surface area contributed by atoms with Crippen LogP contribution in [-0.4, -0.2) is 9.97 Å². The Bertz CT molecular complexity index is 506. The van der Waals surface area contributed by atoms with Crippen LogP contribution in [0.2, 0.25) is 0 Å². The molecule has 1 unspecified atom stereocenters. The van der Waals surface area contributed by atoms with Gasteiger partial charge < -0.3 is 5.32 Å². The van der Waals surface area contributed by atoms with E-state index in [2.05, 4.69) is 60.3 Å². The topological polar surface area (TPSA) is 37.8 Å². The van der Waals surface area contributed by atoms with E-state index in [1.807, 2.05) is 0 Å². The quantitative estimate of drug-likeness (QED) is 0.872. The molecule has 106 valence electrons. The minimum absolute atomic E-state index is 0.310. The summed E-state index contributed by atoms with van der Waals surface area (Å²) in [7, 11) is 0. The summed E-state index contributed by atoms with van der Waals surface area (Å²) in [6, 6.07) is 9.20. The van der Waals surface area contributed by atoms with Crippen molar-refractivity contribution in [2.45, 2.75) is 39.8 Å². The minimum Gasteiger partial charge on any atom is -0.305 e. The third kappa shape index (κ3) is 4.42. The highest BCUT2D eigenvalue weighted by Crippen LogP contribution is 2.15. The normalized spacial score (nSPS) is 12.6. The fourth-order valence-electron chi connectivity index (χ4n) is 2.21. The summed E-state index contributed by atoms with van der Waals surface area (Å²) in [5.74, 6) is 0.702. The van der Waals surface area contributed by atoms with E-state index >= 15 is 0 Å². The van der Waals surface area contributed by atoms with Crippen LogP contribution in [0.15, 0.2) is 42.9 Å². The lowest BCUT2D eigenvalue weighted by molar-refractivity contribution is 0.566. The van der Waals surface area contributed by atoms with Crippen LogP contribution in [-0.2, 0) is 13.0 Å². The van der Waals surface area contributed by atoms with Gasteiger partial charge in [0.1, 0.15) is 0 Å². The average molecular weight is 269 g/mol. The molecule has 1 aromatic heterocycles. The summed E-state index contributed by atoms with van der Waals surface area (Å²) in [6.45, 7) is 7.41. The first-order valence-electron chi connectivity index (χ1n) is 7.22.